The molecule has 4 unspecified atom stereocenters. The number of pyridine rings is 1. The van der Waals surface area contributed by atoms with Gasteiger partial charge >= 0.3 is 0 Å². The molecule has 0 radical (unpaired) electrons. The number of rotatable bonds is 2. The van der Waals surface area contributed by atoms with E-state index in [1.807, 2.05) is 0 Å². The lowest BCUT2D eigenvalue weighted by atomic mass is 9.77. The number of aromatic nitrogens is 2. The summed E-state index contributed by atoms with van der Waals surface area (Å²) < 4.78 is 19.9. The number of carbonyl (C=O) groups excluding carboxylic acids is 2. The van der Waals surface area contributed by atoms with Gasteiger partial charge in [0.15, 0.2) is 16.7 Å². The van der Waals surface area contributed by atoms with Crippen molar-refractivity contribution in [2.75, 3.05) is 4.90 Å². The Labute approximate surface area is 158 Å². The highest BCUT2D eigenvalue weighted by Crippen LogP contribution is 2.48. The molecule has 2 aromatic rings. The molecule has 0 aromatic carbocycles. The number of ketones is 1. The number of nitrogens with zero attached hydrogens (tertiary/aromatic N) is 3. The van der Waals surface area contributed by atoms with Crippen LogP contribution in [0.2, 0.25) is 0 Å². The Bertz CT molecular complexity index is 931. The van der Waals surface area contributed by atoms with Gasteiger partial charge in [-0.25, -0.2) is 9.37 Å². The molecule has 0 spiro atoms. The summed E-state index contributed by atoms with van der Waals surface area (Å²) in [5.74, 6) is -1.07. The lowest BCUT2D eigenvalue weighted by Gasteiger charge is -2.36. The van der Waals surface area contributed by atoms with E-state index < -0.39 is 24.2 Å². The maximum atomic E-state index is 13.9. The molecule has 0 N–H and O–H groups in total. The number of Topliss-reactive ketones (excluding diaryl/α,β-unsaturated/α-hetero) is 1. The topological polar surface area (TPSA) is 72.4 Å². The number of amides is 1. The minimum absolute atomic E-state index is 0.0735. The van der Waals surface area contributed by atoms with Gasteiger partial charge in [-0.3, -0.25) is 19.5 Å². The van der Waals surface area contributed by atoms with Crippen LogP contribution in [-0.2, 0) is 14.3 Å². The Kier molecular flexibility index (Phi) is 3.82. The third-order valence-electron chi connectivity index (χ3n) is 5.38. The predicted molar refractivity (Wildman–Crippen MR) is 95.7 cm³/mol. The Morgan fingerprint density at radius 3 is 2.81 bits per heavy atom. The highest BCUT2D eigenvalue weighted by Gasteiger charge is 2.54. The number of halogens is 1. The molecule has 2 aliphatic heterocycles. The third kappa shape index (κ3) is 2.50. The van der Waals surface area contributed by atoms with Crippen LogP contribution in [0.15, 0.2) is 47.3 Å². The zero-order valence-corrected chi connectivity index (χ0v) is 15.1. The quantitative estimate of drug-likeness (QED) is 0.795. The molecule has 3 aliphatic rings. The predicted octanol–water partition coefficient (Wildman–Crippen LogP) is 2.99. The largest absolute Gasteiger partial charge is 0.483 e. The number of carbonyl (C=O) groups is 2. The first-order valence-corrected chi connectivity index (χ1v) is 9.76. The van der Waals surface area contributed by atoms with Crippen LogP contribution in [0.4, 0.5) is 9.52 Å². The molecule has 4 atom stereocenters. The van der Waals surface area contributed by atoms with E-state index in [-0.39, 0.29) is 29.4 Å². The molecular weight excluding hydrogens is 369 g/mol. The van der Waals surface area contributed by atoms with Crippen LogP contribution in [0, 0.1) is 5.92 Å². The number of hydrogen-bond acceptors (Lipinski definition) is 6. The molecule has 5 rings (SSSR count). The molecular formula is C19H16FN3O3S. The smallest absolute Gasteiger partial charge is 0.296 e. The summed E-state index contributed by atoms with van der Waals surface area (Å²) in [6.07, 6.45) is 2.71. The molecule has 1 saturated carbocycles. The van der Waals surface area contributed by atoms with Gasteiger partial charge in [0.25, 0.3) is 5.91 Å². The van der Waals surface area contributed by atoms with Gasteiger partial charge in [-0.1, -0.05) is 6.07 Å². The van der Waals surface area contributed by atoms with Crippen molar-refractivity contribution in [3.63, 3.8) is 0 Å². The van der Waals surface area contributed by atoms with E-state index >= 15 is 0 Å². The zero-order valence-electron chi connectivity index (χ0n) is 14.2. The Balaban J connectivity index is 1.64. The van der Waals surface area contributed by atoms with Crippen molar-refractivity contribution in [2.24, 2.45) is 5.92 Å². The molecule has 6 nitrogen and oxygen atoms in total. The number of ether oxygens (including phenoxy) is 1. The van der Waals surface area contributed by atoms with E-state index in [9.17, 15) is 14.0 Å². The highest BCUT2D eigenvalue weighted by molar-refractivity contribution is 7.13. The maximum absolute atomic E-state index is 13.9. The van der Waals surface area contributed by atoms with Gasteiger partial charge in [-0.15, -0.1) is 11.3 Å². The van der Waals surface area contributed by atoms with Crippen LogP contribution in [-0.4, -0.2) is 33.9 Å². The summed E-state index contributed by atoms with van der Waals surface area (Å²) in [5, 5.41) is 2.25. The minimum Gasteiger partial charge on any atom is -0.483 e. The second-order valence-corrected chi connectivity index (χ2v) is 7.80. The fourth-order valence-electron chi connectivity index (χ4n) is 4.17. The van der Waals surface area contributed by atoms with Crippen LogP contribution in [0.5, 0.6) is 0 Å². The molecule has 1 fully saturated rings. The summed E-state index contributed by atoms with van der Waals surface area (Å²) in [6.45, 7) is 0. The minimum atomic E-state index is -1.01. The first kappa shape index (κ1) is 16.6. The van der Waals surface area contributed by atoms with E-state index in [0.717, 1.165) is 0 Å². The van der Waals surface area contributed by atoms with E-state index in [1.165, 1.54) is 16.2 Å². The Morgan fingerprint density at radius 1 is 1.19 bits per heavy atom. The lowest BCUT2D eigenvalue weighted by molar-refractivity contribution is -0.133. The van der Waals surface area contributed by atoms with Gasteiger partial charge < -0.3 is 4.74 Å². The number of fused-ring (bicyclic) bond motifs is 1. The molecule has 2 aromatic heterocycles. The van der Waals surface area contributed by atoms with Crippen molar-refractivity contribution >= 4 is 28.2 Å². The number of thiazole rings is 1. The second kappa shape index (κ2) is 6.23. The van der Waals surface area contributed by atoms with Gasteiger partial charge in [0.2, 0.25) is 0 Å². The molecule has 4 heterocycles. The first-order valence-electron chi connectivity index (χ1n) is 8.88. The van der Waals surface area contributed by atoms with Gasteiger partial charge in [-0.2, -0.15) is 0 Å². The average molecular weight is 385 g/mol. The van der Waals surface area contributed by atoms with Gasteiger partial charge in [-0.05, 0) is 31.4 Å². The van der Waals surface area contributed by atoms with E-state index in [1.54, 1.807) is 36.0 Å². The van der Waals surface area contributed by atoms with Crippen molar-refractivity contribution in [3.05, 3.63) is 53.0 Å². The zero-order chi connectivity index (χ0) is 18.5. The highest BCUT2D eigenvalue weighted by atomic mass is 32.1. The summed E-state index contributed by atoms with van der Waals surface area (Å²) in [6, 6.07) is 4.65. The average Bonchev–Trinajstić information content (AvgIpc) is 3.30. The fraction of sp³-hybridized carbons (Fsp3) is 0.368. The first-order chi connectivity index (χ1) is 13.1. The number of hydrogen-bond donors (Lipinski definition) is 0. The van der Waals surface area contributed by atoms with Gasteiger partial charge in [0, 0.05) is 17.8 Å². The van der Waals surface area contributed by atoms with Gasteiger partial charge in [0.05, 0.1) is 17.2 Å². The summed E-state index contributed by atoms with van der Waals surface area (Å²) >= 11 is 1.31. The molecule has 8 heteroatoms. The van der Waals surface area contributed by atoms with Crippen molar-refractivity contribution < 1.29 is 18.7 Å². The SMILES string of the molecule is O=C1C2=C(OC3CCC(F)CC13)C(=O)N(c1nccs1)C2c1ccccn1. The molecule has 0 bridgehead atoms. The van der Waals surface area contributed by atoms with Crippen LogP contribution < -0.4 is 4.90 Å². The summed E-state index contributed by atoms with van der Waals surface area (Å²) in [5.41, 5.74) is 0.846. The van der Waals surface area contributed by atoms with Crippen molar-refractivity contribution in [1.29, 1.82) is 0 Å². The number of anilines is 1. The molecule has 138 valence electrons. The normalized spacial score (nSPS) is 30.2. The monoisotopic (exact) mass is 385 g/mol. The van der Waals surface area contributed by atoms with E-state index in [4.69, 9.17) is 4.74 Å². The van der Waals surface area contributed by atoms with E-state index in [2.05, 4.69) is 9.97 Å². The van der Waals surface area contributed by atoms with Crippen molar-refractivity contribution in [2.45, 2.75) is 37.6 Å². The molecule has 0 saturated heterocycles. The van der Waals surface area contributed by atoms with Crippen LogP contribution in [0.25, 0.3) is 0 Å². The van der Waals surface area contributed by atoms with Crippen LogP contribution in [0.1, 0.15) is 31.0 Å². The summed E-state index contributed by atoms with van der Waals surface area (Å²) in [4.78, 5) is 36.6. The Morgan fingerprint density at radius 2 is 2.07 bits per heavy atom. The van der Waals surface area contributed by atoms with E-state index in [0.29, 0.717) is 23.7 Å². The lowest BCUT2D eigenvalue weighted by Crippen LogP contribution is -2.42. The van der Waals surface area contributed by atoms with Crippen LogP contribution in [0.3, 0.4) is 0 Å². The third-order valence-corrected chi connectivity index (χ3v) is 6.15. The van der Waals surface area contributed by atoms with Gasteiger partial charge in [0.1, 0.15) is 18.3 Å². The number of alkyl halides is 1. The summed E-state index contributed by atoms with van der Waals surface area (Å²) in [7, 11) is 0. The van der Waals surface area contributed by atoms with Crippen molar-refractivity contribution in [3.8, 4) is 0 Å². The van der Waals surface area contributed by atoms with Crippen molar-refractivity contribution in [1.82, 2.24) is 9.97 Å². The Hall–Kier alpha value is -2.61. The molecule has 27 heavy (non-hydrogen) atoms. The molecule has 1 aliphatic carbocycles. The standard InChI is InChI=1S/C19H16FN3O3S/c20-10-4-5-13-11(9-10)16(24)14-15(12-3-1-2-6-21-12)23(18(25)17(14)26-13)19-22-7-8-27-19/h1-3,6-8,10-11,13,15H,4-5,9H2. The maximum Gasteiger partial charge on any atom is 0.296 e. The van der Waals surface area contributed by atoms with Crippen LogP contribution >= 0.6 is 11.3 Å². The fourth-order valence-corrected chi connectivity index (χ4v) is 4.83. The second-order valence-electron chi connectivity index (χ2n) is 6.93. The molecule has 1 amide bonds.